The van der Waals surface area contributed by atoms with Crippen LogP contribution in [0, 0.1) is 0 Å². The molecule has 9 nitrogen and oxygen atoms in total. The molecule has 1 saturated heterocycles. The third kappa shape index (κ3) is 5.39. The Balaban J connectivity index is 1.25. The van der Waals surface area contributed by atoms with Gasteiger partial charge in [0, 0.05) is 74.1 Å². The summed E-state index contributed by atoms with van der Waals surface area (Å²) in [6.07, 6.45) is 2.54. The molecule has 0 spiro atoms. The molecule has 0 bridgehead atoms. The molecule has 0 saturated carbocycles. The van der Waals surface area contributed by atoms with E-state index in [1.165, 1.54) is 11.3 Å². The highest BCUT2D eigenvalue weighted by Crippen LogP contribution is 2.31. The second kappa shape index (κ2) is 11.4. The molecule has 1 fully saturated rings. The molecule has 9 heteroatoms. The Morgan fingerprint density at radius 2 is 1.67 bits per heavy atom. The number of hydrogen-bond acceptors (Lipinski definition) is 8. The highest BCUT2D eigenvalue weighted by Gasteiger charge is 2.25. The maximum atomic E-state index is 14.3. The van der Waals surface area contributed by atoms with E-state index in [1.807, 2.05) is 71.2 Å². The van der Waals surface area contributed by atoms with Gasteiger partial charge >= 0.3 is 0 Å². The molecule has 2 aliphatic heterocycles. The van der Waals surface area contributed by atoms with Crippen LogP contribution in [0.1, 0.15) is 11.6 Å². The van der Waals surface area contributed by atoms with Crippen LogP contribution < -0.4 is 26.0 Å². The minimum Gasteiger partial charge on any atom is -0.383 e. The zero-order chi connectivity index (χ0) is 29.3. The number of hydrogen-bond donors (Lipinski definition) is 2. The Morgan fingerprint density at radius 3 is 2.47 bits per heavy atom. The maximum Gasteiger partial charge on any atom is 0.276 e. The first-order valence-electron chi connectivity index (χ1n) is 14.9. The number of likely N-dealkylation sites (N-methyl/N-ethyl adjacent to an activating group) is 1. The Kier molecular flexibility index (Phi) is 7.16. The molecule has 1 atom stereocenters. The summed E-state index contributed by atoms with van der Waals surface area (Å²) in [5, 5.41) is 7.72. The lowest BCUT2D eigenvalue weighted by atomic mass is 9.99. The van der Waals surface area contributed by atoms with Gasteiger partial charge in [-0.25, -0.2) is 4.98 Å². The lowest BCUT2D eigenvalue weighted by Crippen LogP contribution is -2.44. The van der Waals surface area contributed by atoms with Gasteiger partial charge in [0.15, 0.2) is 0 Å². The van der Waals surface area contributed by atoms with Crippen LogP contribution in [0.2, 0.25) is 0 Å². The maximum absolute atomic E-state index is 14.3. The lowest BCUT2D eigenvalue weighted by molar-refractivity contribution is 0.313. The molecule has 0 amide bonds. The van der Waals surface area contributed by atoms with Crippen LogP contribution in [0.3, 0.4) is 0 Å². The number of anilines is 6. The first-order chi connectivity index (χ1) is 21.0. The summed E-state index contributed by atoms with van der Waals surface area (Å²) in [6, 6.07) is 28.4. The lowest BCUT2D eigenvalue weighted by Gasteiger charge is -2.34. The van der Waals surface area contributed by atoms with E-state index < -0.39 is 0 Å². The molecule has 5 aromatic rings. The van der Waals surface area contributed by atoms with Crippen molar-refractivity contribution in [2.24, 2.45) is 0 Å². The number of aromatic nitrogens is 3. The largest absolute Gasteiger partial charge is 0.383 e. The summed E-state index contributed by atoms with van der Waals surface area (Å²) >= 11 is 0. The van der Waals surface area contributed by atoms with Gasteiger partial charge in [-0.05, 0) is 67.6 Å². The summed E-state index contributed by atoms with van der Waals surface area (Å²) < 4.78 is 1.86. The van der Waals surface area contributed by atoms with Crippen molar-refractivity contribution in [2.75, 3.05) is 67.3 Å². The molecule has 218 valence electrons. The quantitative estimate of drug-likeness (QED) is 0.285. The fourth-order valence-corrected chi connectivity index (χ4v) is 6.09. The van der Waals surface area contributed by atoms with Crippen LogP contribution in [-0.4, -0.2) is 66.3 Å². The van der Waals surface area contributed by atoms with Crippen molar-refractivity contribution in [3.8, 4) is 0 Å². The molecule has 7 rings (SSSR count). The Bertz CT molecular complexity index is 1800. The molecular weight excluding hydrogens is 536 g/mol. The number of fused-ring (bicyclic) bond motifs is 2. The van der Waals surface area contributed by atoms with Gasteiger partial charge < -0.3 is 25.3 Å². The van der Waals surface area contributed by atoms with Gasteiger partial charge in [-0.1, -0.05) is 36.4 Å². The monoisotopic (exact) mass is 572 g/mol. The molecule has 43 heavy (non-hydrogen) atoms. The van der Waals surface area contributed by atoms with Gasteiger partial charge in [-0.15, -0.1) is 0 Å². The first kappa shape index (κ1) is 27.0. The molecule has 2 aromatic heterocycles. The molecule has 2 aliphatic rings. The fourth-order valence-electron chi connectivity index (χ4n) is 6.09. The van der Waals surface area contributed by atoms with Crippen molar-refractivity contribution in [1.82, 2.24) is 19.4 Å². The smallest absolute Gasteiger partial charge is 0.276 e. The van der Waals surface area contributed by atoms with Crippen molar-refractivity contribution < 1.29 is 0 Å². The summed E-state index contributed by atoms with van der Waals surface area (Å²) in [5.74, 6) is 0.460. The summed E-state index contributed by atoms with van der Waals surface area (Å²) in [6.45, 7) is 4.81. The van der Waals surface area contributed by atoms with Crippen LogP contribution in [-0.2, 0) is 6.42 Å². The molecule has 1 unspecified atom stereocenters. The average Bonchev–Trinajstić information content (AvgIpc) is 3.05. The van der Waals surface area contributed by atoms with Crippen molar-refractivity contribution in [2.45, 2.75) is 12.5 Å². The van der Waals surface area contributed by atoms with Gasteiger partial charge in [-0.2, -0.15) is 4.98 Å². The van der Waals surface area contributed by atoms with Crippen molar-refractivity contribution in [1.29, 1.82) is 0 Å². The zero-order valence-electron chi connectivity index (χ0n) is 24.6. The fraction of sp³-hybridized carbons (Fsp3) is 0.265. The van der Waals surface area contributed by atoms with Crippen LogP contribution in [0.5, 0.6) is 0 Å². The minimum atomic E-state index is -0.111. The number of pyridine rings is 1. The number of benzene rings is 3. The van der Waals surface area contributed by atoms with Gasteiger partial charge in [0.1, 0.15) is 11.3 Å². The van der Waals surface area contributed by atoms with E-state index in [4.69, 9.17) is 4.98 Å². The number of para-hydroxylation sites is 2. The second-order valence-electron chi connectivity index (χ2n) is 11.4. The predicted molar refractivity (Wildman–Crippen MR) is 175 cm³/mol. The van der Waals surface area contributed by atoms with Crippen LogP contribution in [0.15, 0.2) is 95.9 Å². The Labute approximate surface area is 251 Å². The summed E-state index contributed by atoms with van der Waals surface area (Å²) in [7, 11) is 4.10. The minimum absolute atomic E-state index is 0.0776. The van der Waals surface area contributed by atoms with Crippen LogP contribution >= 0.6 is 0 Å². The van der Waals surface area contributed by atoms with E-state index in [0.29, 0.717) is 23.8 Å². The standard InChI is InChI=1S/C34H36N8O/c1-39-16-18-41(19-17-39)28-14-12-26(13-15-28)37-34-36-22-25-21-31(40(2)27-9-4-3-5-10-27)33(43)42(32(25)38-34)29-20-24-8-6-7-11-30(24)35-23-29/h3-15,21-22,29,35H,16-20,23H2,1-2H3,(H,36,37,38). The van der Waals surface area contributed by atoms with E-state index in [2.05, 4.69) is 68.9 Å². The van der Waals surface area contributed by atoms with Crippen LogP contribution in [0.25, 0.3) is 11.0 Å². The highest BCUT2D eigenvalue weighted by molar-refractivity contribution is 5.81. The number of nitrogens with one attached hydrogen (secondary N) is 2. The third-order valence-corrected chi connectivity index (χ3v) is 8.62. The van der Waals surface area contributed by atoms with E-state index in [1.54, 1.807) is 0 Å². The summed E-state index contributed by atoms with van der Waals surface area (Å²) in [5.41, 5.74) is 6.49. The van der Waals surface area contributed by atoms with Gasteiger partial charge in [0.05, 0.1) is 6.04 Å². The molecule has 0 radical (unpaired) electrons. The molecule has 0 aliphatic carbocycles. The normalized spacial score (nSPS) is 16.9. The number of nitrogens with zero attached hydrogens (tertiary/aromatic N) is 6. The number of rotatable bonds is 6. The SMILES string of the molecule is CN1CCN(c2ccc(Nc3ncc4cc(N(C)c5ccccc5)c(=O)n(C5CNc6ccccc6C5)c4n3)cc2)CC1. The molecule has 4 heterocycles. The second-order valence-corrected chi connectivity index (χ2v) is 11.4. The van der Waals surface area contributed by atoms with Crippen molar-refractivity contribution in [3.05, 3.63) is 107 Å². The topological polar surface area (TPSA) is 81.6 Å². The average molecular weight is 573 g/mol. The van der Waals surface area contributed by atoms with E-state index >= 15 is 0 Å². The molecule has 2 N–H and O–H groups in total. The van der Waals surface area contributed by atoms with Gasteiger partial charge in [0.2, 0.25) is 5.95 Å². The highest BCUT2D eigenvalue weighted by atomic mass is 16.1. The first-order valence-corrected chi connectivity index (χ1v) is 14.9. The van der Waals surface area contributed by atoms with Crippen molar-refractivity contribution in [3.63, 3.8) is 0 Å². The van der Waals surface area contributed by atoms with E-state index in [9.17, 15) is 4.79 Å². The Morgan fingerprint density at radius 1 is 0.930 bits per heavy atom. The van der Waals surface area contributed by atoms with E-state index in [-0.39, 0.29) is 11.6 Å². The predicted octanol–water partition coefficient (Wildman–Crippen LogP) is 5.26. The number of piperazine rings is 1. The van der Waals surface area contributed by atoms with Gasteiger partial charge in [0.25, 0.3) is 5.56 Å². The molecule has 3 aromatic carbocycles. The van der Waals surface area contributed by atoms with Crippen LogP contribution in [0.4, 0.5) is 34.4 Å². The third-order valence-electron chi connectivity index (χ3n) is 8.62. The van der Waals surface area contributed by atoms with E-state index in [0.717, 1.165) is 55.0 Å². The van der Waals surface area contributed by atoms with Crippen molar-refractivity contribution >= 4 is 45.4 Å². The summed E-state index contributed by atoms with van der Waals surface area (Å²) in [4.78, 5) is 30.6. The van der Waals surface area contributed by atoms with Gasteiger partial charge in [-0.3, -0.25) is 9.36 Å². The Hall–Kier alpha value is -4.89. The molecular formula is C34H36N8O. The zero-order valence-corrected chi connectivity index (χ0v) is 24.6.